The van der Waals surface area contributed by atoms with Gasteiger partial charge in [-0.2, -0.15) is 29.2 Å². The summed E-state index contributed by atoms with van der Waals surface area (Å²) in [6.45, 7) is 5.42. The van der Waals surface area contributed by atoms with Gasteiger partial charge < -0.3 is 5.32 Å². The molecule has 2 aliphatic rings. The Balaban J connectivity index is 1.83. The molecule has 0 aliphatic carbocycles. The molecule has 0 bridgehead atoms. The second-order valence-electron chi connectivity index (χ2n) is 6.11. The number of thioether (sulfide) groups is 1. The maximum absolute atomic E-state index is 12.5. The molecule has 5 nitrogen and oxygen atoms in total. The Morgan fingerprint density at radius 1 is 1.29 bits per heavy atom. The number of piperidine rings is 1. The quantitative estimate of drug-likeness (QED) is 0.691. The largest absolute Gasteiger partial charge is 0.316 e. The molecule has 0 saturated carbocycles. The number of hydrogen-bond acceptors (Lipinski definition) is 4. The Labute approximate surface area is 133 Å². The van der Waals surface area contributed by atoms with E-state index in [0.29, 0.717) is 19.0 Å². The predicted octanol–water partition coefficient (Wildman–Crippen LogP) is 1.43. The fraction of sp³-hybridized carbons (Fsp3) is 1.00. The zero-order chi connectivity index (χ0) is 15.1. The molecule has 2 saturated heterocycles. The van der Waals surface area contributed by atoms with Crippen LogP contribution in [0.25, 0.3) is 0 Å². The lowest BCUT2D eigenvalue weighted by Gasteiger charge is -2.33. The van der Waals surface area contributed by atoms with Crippen LogP contribution < -0.4 is 10.0 Å². The van der Waals surface area contributed by atoms with Gasteiger partial charge in [0.05, 0.1) is 0 Å². The fourth-order valence-electron chi connectivity index (χ4n) is 3.01. The molecule has 2 unspecified atom stereocenters. The molecular formula is C14H29N3O2S2. The third kappa shape index (κ3) is 5.71. The first kappa shape index (κ1) is 17.5. The van der Waals surface area contributed by atoms with E-state index < -0.39 is 10.2 Å². The van der Waals surface area contributed by atoms with Crippen LogP contribution in [-0.2, 0) is 10.2 Å². The zero-order valence-electron chi connectivity index (χ0n) is 13.0. The Hall–Kier alpha value is 0.180. The Bertz CT molecular complexity index is 397. The van der Waals surface area contributed by atoms with Gasteiger partial charge in [-0.1, -0.05) is 6.92 Å². The van der Waals surface area contributed by atoms with Gasteiger partial charge in [0.2, 0.25) is 0 Å². The van der Waals surface area contributed by atoms with Gasteiger partial charge in [-0.25, -0.2) is 0 Å². The van der Waals surface area contributed by atoms with Crippen molar-refractivity contribution in [1.82, 2.24) is 14.3 Å². The topological polar surface area (TPSA) is 61.4 Å². The smallest absolute Gasteiger partial charge is 0.279 e. The van der Waals surface area contributed by atoms with Crippen molar-refractivity contribution >= 4 is 22.0 Å². The van der Waals surface area contributed by atoms with E-state index in [1.807, 2.05) is 11.8 Å². The van der Waals surface area contributed by atoms with Gasteiger partial charge in [0.1, 0.15) is 0 Å². The standard InChI is InChI=1S/C14H29N3O2S2/c1-2-7-15-10-13-5-3-8-17(11-13)21(18,19)16-14-6-4-9-20-12-14/h13-16H,2-12H2,1H3. The third-order valence-corrected chi connectivity index (χ3v) is 7.02. The van der Waals surface area contributed by atoms with E-state index >= 15 is 0 Å². The maximum Gasteiger partial charge on any atom is 0.279 e. The van der Waals surface area contributed by atoms with E-state index in [1.54, 1.807) is 4.31 Å². The van der Waals surface area contributed by atoms with Crippen molar-refractivity contribution in [2.24, 2.45) is 5.92 Å². The van der Waals surface area contributed by atoms with Crippen LogP contribution in [0.1, 0.15) is 39.0 Å². The third-order valence-electron chi connectivity index (χ3n) is 4.16. The van der Waals surface area contributed by atoms with E-state index in [1.165, 1.54) is 0 Å². The summed E-state index contributed by atoms with van der Waals surface area (Å²) in [4.78, 5) is 0. The highest BCUT2D eigenvalue weighted by Gasteiger charge is 2.30. The van der Waals surface area contributed by atoms with Gasteiger partial charge in [0.25, 0.3) is 10.2 Å². The second kappa shape index (κ2) is 8.72. The maximum atomic E-state index is 12.5. The van der Waals surface area contributed by atoms with E-state index in [-0.39, 0.29) is 6.04 Å². The molecular weight excluding hydrogens is 306 g/mol. The number of nitrogens with one attached hydrogen (secondary N) is 2. The molecule has 0 radical (unpaired) electrons. The molecule has 2 aliphatic heterocycles. The van der Waals surface area contributed by atoms with Crippen LogP contribution >= 0.6 is 11.8 Å². The molecule has 0 aromatic heterocycles. The molecule has 124 valence electrons. The Kier molecular flexibility index (Phi) is 7.28. The molecule has 7 heteroatoms. The van der Waals surface area contributed by atoms with Crippen LogP contribution in [-0.4, -0.2) is 56.4 Å². The minimum Gasteiger partial charge on any atom is -0.316 e. The van der Waals surface area contributed by atoms with Crippen molar-refractivity contribution in [2.45, 2.75) is 45.1 Å². The summed E-state index contributed by atoms with van der Waals surface area (Å²) in [6, 6.07) is 0.118. The molecule has 0 amide bonds. The molecule has 2 fully saturated rings. The van der Waals surface area contributed by atoms with Crippen molar-refractivity contribution in [3.05, 3.63) is 0 Å². The summed E-state index contributed by atoms with van der Waals surface area (Å²) >= 11 is 1.85. The zero-order valence-corrected chi connectivity index (χ0v) is 14.6. The molecule has 21 heavy (non-hydrogen) atoms. The van der Waals surface area contributed by atoms with E-state index in [4.69, 9.17) is 0 Å². The van der Waals surface area contributed by atoms with Crippen LogP contribution in [0, 0.1) is 5.92 Å². The Morgan fingerprint density at radius 3 is 2.86 bits per heavy atom. The molecule has 2 rings (SSSR count). The van der Waals surface area contributed by atoms with Gasteiger partial charge in [0.15, 0.2) is 0 Å². The molecule has 0 aromatic carbocycles. The normalized spacial score (nSPS) is 28.6. The average molecular weight is 336 g/mol. The highest BCUT2D eigenvalue weighted by molar-refractivity contribution is 7.99. The van der Waals surface area contributed by atoms with Gasteiger partial charge in [-0.15, -0.1) is 0 Å². The molecule has 0 aromatic rings. The molecule has 2 N–H and O–H groups in total. The number of rotatable bonds is 7. The first-order valence-electron chi connectivity index (χ1n) is 8.17. The summed E-state index contributed by atoms with van der Waals surface area (Å²) in [7, 11) is -3.30. The average Bonchev–Trinajstić information content (AvgIpc) is 2.48. The fourth-order valence-corrected chi connectivity index (χ4v) is 5.74. The van der Waals surface area contributed by atoms with Crippen molar-refractivity contribution in [1.29, 1.82) is 0 Å². The van der Waals surface area contributed by atoms with Crippen molar-refractivity contribution in [2.75, 3.05) is 37.7 Å². The molecule has 2 heterocycles. The van der Waals surface area contributed by atoms with Crippen LogP contribution in [0.4, 0.5) is 0 Å². The second-order valence-corrected chi connectivity index (χ2v) is 8.96. The van der Waals surface area contributed by atoms with Crippen molar-refractivity contribution in [3.63, 3.8) is 0 Å². The monoisotopic (exact) mass is 335 g/mol. The summed E-state index contributed by atoms with van der Waals surface area (Å²) in [6.07, 6.45) is 5.30. The summed E-state index contributed by atoms with van der Waals surface area (Å²) in [5, 5.41) is 3.41. The lowest BCUT2D eigenvalue weighted by Crippen LogP contribution is -2.51. The molecule has 2 atom stereocenters. The number of hydrogen-bond donors (Lipinski definition) is 2. The van der Waals surface area contributed by atoms with Crippen LogP contribution in [0.3, 0.4) is 0 Å². The first-order chi connectivity index (χ1) is 10.1. The van der Waals surface area contributed by atoms with E-state index in [0.717, 1.165) is 56.7 Å². The van der Waals surface area contributed by atoms with Crippen LogP contribution in [0.5, 0.6) is 0 Å². The van der Waals surface area contributed by atoms with Gasteiger partial charge in [-0.05, 0) is 56.9 Å². The predicted molar refractivity (Wildman–Crippen MR) is 89.9 cm³/mol. The van der Waals surface area contributed by atoms with Crippen molar-refractivity contribution in [3.8, 4) is 0 Å². The lowest BCUT2D eigenvalue weighted by molar-refractivity contribution is 0.256. The highest BCUT2D eigenvalue weighted by Crippen LogP contribution is 2.21. The van der Waals surface area contributed by atoms with E-state index in [9.17, 15) is 8.42 Å². The van der Waals surface area contributed by atoms with Gasteiger partial charge in [0, 0.05) is 24.9 Å². The summed E-state index contributed by atoms with van der Waals surface area (Å²) in [5.74, 6) is 2.52. The SMILES string of the molecule is CCCNCC1CCCN(S(=O)(=O)NC2CCCSC2)C1. The minimum atomic E-state index is -3.30. The lowest BCUT2D eigenvalue weighted by atomic mass is 10.00. The van der Waals surface area contributed by atoms with Crippen LogP contribution in [0.2, 0.25) is 0 Å². The first-order valence-corrected chi connectivity index (χ1v) is 10.8. The van der Waals surface area contributed by atoms with Gasteiger partial charge >= 0.3 is 0 Å². The number of nitrogens with zero attached hydrogens (tertiary/aromatic N) is 1. The highest BCUT2D eigenvalue weighted by atomic mass is 32.2. The summed E-state index contributed by atoms with van der Waals surface area (Å²) in [5.41, 5.74) is 0. The molecule has 0 spiro atoms. The van der Waals surface area contributed by atoms with Crippen molar-refractivity contribution < 1.29 is 8.42 Å². The van der Waals surface area contributed by atoms with Crippen LogP contribution in [0.15, 0.2) is 0 Å². The minimum absolute atomic E-state index is 0.118. The van der Waals surface area contributed by atoms with E-state index in [2.05, 4.69) is 17.0 Å². The summed E-state index contributed by atoms with van der Waals surface area (Å²) < 4.78 is 29.6. The van der Waals surface area contributed by atoms with Gasteiger partial charge in [-0.3, -0.25) is 0 Å². The Morgan fingerprint density at radius 2 is 2.14 bits per heavy atom.